The maximum Gasteiger partial charge on any atom is 0.335 e. The van der Waals surface area contributed by atoms with E-state index < -0.39 is 5.97 Å². The molecule has 2 aliphatic rings. The minimum Gasteiger partial charge on any atom is -0.478 e. The molecule has 2 aliphatic heterocycles. The molecule has 1 fully saturated rings. The molecule has 4 aromatic rings. The molecule has 8 nitrogen and oxygen atoms in total. The summed E-state index contributed by atoms with van der Waals surface area (Å²) in [5.41, 5.74) is 3.53. The van der Waals surface area contributed by atoms with E-state index in [4.69, 9.17) is 26.1 Å². The van der Waals surface area contributed by atoms with Crippen LogP contribution in [0.4, 0.5) is 5.69 Å². The van der Waals surface area contributed by atoms with Gasteiger partial charge in [0.25, 0.3) is 0 Å². The van der Waals surface area contributed by atoms with Gasteiger partial charge in [-0.15, -0.1) is 0 Å². The number of furan rings is 1. The Labute approximate surface area is 212 Å². The quantitative estimate of drug-likeness (QED) is 0.357. The van der Waals surface area contributed by atoms with Gasteiger partial charge in [0.15, 0.2) is 16.6 Å². The highest BCUT2D eigenvalue weighted by molar-refractivity contribution is 7.80. The number of rotatable bonds is 5. The molecule has 2 aromatic carbocycles. The molecule has 0 bridgehead atoms. The van der Waals surface area contributed by atoms with Crippen LogP contribution in [0.1, 0.15) is 39.5 Å². The Morgan fingerprint density at radius 2 is 1.94 bits per heavy atom. The number of nitrogens with one attached hydrogen (secondary N) is 1. The minimum absolute atomic E-state index is 0.184. The SMILES string of the molecule is Cc1cc(C(=O)O)ccc1-c1ccc([C@@H]2[C@@H](c3ccccn3)NC(=S)N2c2ccc3c(c2)OCO3)o1. The van der Waals surface area contributed by atoms with Crippen molar-refractivity contribution in [2.45, 2.75) is 19.0 Å². The van der Waals surface area contributed by atoms with E-state index in [0.29, 0.717) is 28.1 Å². The standard InChI is InChI=1S/C27H21N3O5S/c1-15-12-16(26(31)32)5-7-18(15)20-9-10-22(35-20)25-24(19-4-2-3-11-28-19)29-27(36)30(25)17-6-8-21-23(13-17)34-14-33-21/h2-13,24-25H,14H2,1H3,(H,29,36)(H,31,32)/t24-,25-/m1/s1. The number of fused-ring (bicyclic) bond motifs is 1. The summed E-state index contributed by atoms with van der Waals surface area (Å²) in [5.74, 6) is 1.71. The number of aromatic carboxylic acids is 1. The average Bonchev–Trinajstić information content (AvgIpc) is 3.62. The number of carboxylic acid groups (broad SMARTS) is 1. The topological polar surface area (TPSA) is 97.1 Å². The Balaban J connectivity index is 1.43. The van der Waals surface area contributed by atoms with E-state index in [1.54, 1.807) is 24.4 Å². The summed E-state index contributed by atoms with van der Waals surface area (Å²) in [6.45, 7) is 2.05. The number of hydrogen-bond acceptors (Lipinski definition) is 6. The van der Waals surface area contributed by atoms with Crippen molar-refractivity contribution in [2.24, 2.45) is 0 Å². The molecule has 0 amide bonds. The third-order valence-corrected chi connectivity index (χ3v) is 6.70. The van der Waals surface area contributed by atoms with Crippen molar-refractivity contribution in [3.8, 4) is 22.8 Å². The van der Waals surface area contributed by atoms with Crippen LogP contribution in [-0.2, 0) is 0 Å². The third-order valence-electron chi connectivity index (χ3n) is 6.39. The Morgan fingerprint density at radius 3 is 2.72 bits per heavy atom. The van der Waals surface area contributed by atoms with E-state index >= 15 is 0 Å². The zero-order valence-electron chi connectivity index (χ0n) is 19.2. The van der Waals surface area contributed by atoms with Crippen LogP contribution in [0.25, 0.3) is 11.3 Å². The number of carboxylic acids is 1. The first kappa shape index (κ1) is 22.1. The van der Waals surface area contributed by atoms with Crippen LogP contribution in [0.15, 0.2) is 77.3 Å². The van der Waals surface area contributed by atoms with Crippen molar-refractivity contribution in [1.29, 1.82) is 0 Å². The van der Waals surface area contributed by atoms with Gasteiger partial charge >= 0.3 is 5.97 Å². The van der Waals surface area contributed by atoms with Gasteiger partial charge in [-0.2, -0.15) is 0 Å². The molecule has 9 heteroatoms. The molecule has 6 rings (SSSR count). The number of nitrogens with zero attached hydrogens (tertiary/aromatic N) is 2. The number of anilines is 1. The summed E-state index contributed by atoms with van der Waals surface area (Å²) in [7, 11) is 0. The molecule has 0 saturated carbocycles. The van der Waals surface area contributed by atoms with Crippen molar-refractivity contribution in [1.82, 2.24) is 10.3 Å². The first-order valence-electron chi connectivity index (χ1n) is 11.3. The van der Waals surface area contributed by atoms with Crippen molar-refractivity contribution < 1.29 is 23.8 Å². The monoisotopic (exact) mass is 499 g/mol. The zero-order valence-corrected chi connectivity index (χ0v) is 20.0. The lowest BCUT2D eigenvalue weighted by molar-refractivity contribution is 0.0696. The number of pyridine rings is 1. The fraction of sp³-hybridized carbons (Fsp3) is 0.148. The molecule has 0 aliphatic carbocycles. The van der Waals surface area contributed by atoms with Crippen LogP contribution < -0.4 is 19.7 Å². The number of aromatic nitrogens is 1. The number of benzene rings is 2. The maximum atomic E-state index is 11.4. The van der Waals surface area contributed by atoms with Gasteiger partial charge in [-0.25, -0.2) is 4.79 Å². The number of thiocarbonyl (C=S) groups is 1. The highest BCUT2D eigenvalue weighted by Crippen LogP contribution is 2.45. The fourth-order valence-corrected chi connectivity index (χ4v) is 5.03. The first-order chi connectivity index (χ1) is 17.5. The molecular formula is C27H21N3O5S. The predicted octanol–water partition coefficient (Wildman–Crippen LogP) is 5.25. The van der Waals surface area contributed by atoms with Gasteiger partial charge in [-0.05, 0) is 73.2 Å². The Bertz CT molecular complexity index is 1490. The molecule has 0 unspecified atom stereocenters. The number of hydrogen-bond donors (Lipinski definition) is 2. The normalized spacial score (nSPS) is 18.4. The number of aryl methyl sites for hydroxylation is 1. The smallest absolute Gasteiger partial charge is 0.335 e. The molecule has 0 radical (unpaired) electrons. The van der Waals surface area contributed by atoms with Gasteiger partial charge in [-0.3, -0.25) is 4.98 Å². The Morgan fingerprint density at radius 1 is 1.08 bits per heavy atom. The zero-order chi connectivity index (χ0) is 24.8. The van der Waals surface area contributed by atoms with Gasteiger partial charge in [0.2, 0.25) is 6.79 Å². The van der Waals surface area contributed by atoms with Crippen LogP contribution in [0.5, 0.6) is 11.5 Å². The van der Waals surface area contributed by atoms with Crippen LogP contribution in [0.3, 0.4) is 0 Å². The summed E-state index contributed by atoms with van der Waals surface area (Å²) in [4.78, 5) is 17.9. The van der Waals surface area contributed by atoms with E-state index in [0.717, 1.165) is 22.5 Å². The van der Waals surface area contributed by atoms with Gasteiger partial charge in [-0.1, -0.05) is 12.1 Å². The Kier molecular flexibility index (Phi) is 5.34. The summed E-state index contributed by atoms with van der Waals surface area (Å²) in [5, 5.41) is 13.3. The van der Waals surface area contributed by atoms with Gasteiger partial charge in [0.05, 0.1) is 17.3 Å². The van der Waals surface area contributed by atoms with Crippen molar-refractivity contribution in [2.75, 3.05) is 11.7 Å². The summed E-state index contributed by atoms with van der Waals surface area (Å²) < 4.78 is 17.5. The number of ether oxygens (including phenoxy) is 2. The molecule has 2 atom stereocenters. The Hall–Kier alpha value is -4.37. The van der Waals surface area contributed by atoms with E-state index in [1.807, 2.05) is 60.4 Å². The van der Waals surface area contributed by atoms with Crippen LogP contribution >= 0.6 is 12.2 Å². The van der Waals surface area contributed by atoms with E-state index in [-0.39, 0.29) is 24.4 Å². The largest absolute Gasteiger partial charge is 0.478 e. The molecule has 2 N–H and O–H groups in total. The molecule has 4 heterocycles. The van der Waals surface area contributed by atoms with Crippen molar-refractivity contribution in [3.05, 3.63) is 95.5 Å². The lowest BCUT2D eigenvalue weighted by Crippen LogP contribution is -2.29. The third kappa shape index (κ3) is 3.74. The van der Waals surface area contributed by atoms with Gasteiger partial charge < -0.3 is 29.2 Å². The summed E-state index contributed by atoms with van der Waals surface area (Å²) in [6.07, 6.45) is 1.75. The highest BCUT2D eigenvalue weighted by atomic mass is 32.1. The van der Waals surface area contributed by atoms with Crippen LogP contribution in [-0.4, -0.2) is 28.0 Å². The second kappa shape index (κ2) is 8.69. The molecule has 1 saturated heterocycles. The first-order valence-corrected chi connectivity index (χ1v) is 11.7. The fourth-order valence-electron chi connectivity index (χ4n) is 4.69. The summed E-state index contributed by atoms with van der Waals surface area (Å²) >= 11 is 5.78. The van der Waals surface area contributed by atoms with Crippen LogP contribution in [0, 0.1) is 6.92 Å². The second-order valence-electron chi connectivity index (χ2n) is 8.57. The molecule has 0 spiro atoms. The second-order valence-corrected chi connectivity index (χ2v) is 8.96. The van der Waals surface area contributed by atoms with Crippen molar-refractivity contribution >= 4 is 29.0 Å². The molecular weight excluding hydrogens is 478 g/mol. The lowest BCUT2D eigenvalue weighted by Gasteiger charge is -2.26. The van der Waals surface area contributed by atoms with Gasteiger partial charge in [0.1, 0.15) is 17.6 Å². The van der Waals surface area contributed by atoms with E-state index in [1.165, 1.54) is 0 Å². The molecule has 36 heavy (non-hydrogen) atoms. The average molecular weight is 500 g/mol. The van der Waals surface area contributed by atoms with E-state index in [2.05, 4.69) is 10.3 Å². The maximum absolute atomic E-state index is 11.4. The summed E-state index contributed by atoms with van der Waals surface area (Å²) in [6, 6.07) is 19.7. The predicted molar refractivity (Wildman–Crippen MR) is 136 cm³/mol. The molecule has 2 aromatic heterocycles. The van der Waals surface area contributed by atoms with Gasteiger partial charge in [0, 0.05) is 23.5 Å². The minimum atomic E-state index is -0.965. The number of carbonyl (C=O) groups is 1. The molecule has 180 valence electrons. The van der Waals surface area contributed by atoms with E-state index in [9.17, 15) is 9.90 Å². The lowest BCUT2D eigenvalue weighted by atomic mass is 10.0. The highest BCUT2D eigenvalue weighted by Gasteiger charge is 2.43. The van der Waals surface area contributed by atoms with Crippen LogP contribution in [0.2, 0.25) is 0 Å². The van der Waals surface area contributed by atoms with Crippen molar-refractivity contribution in [3.63, 3.8) is 0 Å².